The largest absolute Gasteiger partial charge is 0.496 e. The highest BCUT2D eigenvalue weighted by Gasteiger charge is 2.07. The Morgan fingerprint density at radius 3 is 2.20 bits per heavy atom. The molecule has 0 aliphatic carbocycles. The first-order valence-electron chi connectivity index (χ1n) is 4.69. The molecule has 0 radical (unpaired) electrons. The predicted octanol–water partition coefficient (Wildman–Crippen LogP) is 2.71. The fourth-order valence-electron chi connectivity index (χ4n) is 1.39. The molecule has 0 amide bonds. The maximum absolute atomic E-state index is 5.22. The average molecular weight is 208 g/mol. The zero-order valence-corrected chi connectivity index (χ0v) is 9.53. The van der Waals surface area contributed by atoms with Gasteiger partial charge in [0.25, 0.3) is 0 Å². The molecule has 0 aliphatic rings. The fourth-order valence-corrected chi connectivity index (χ4v) is 1.39. The lowest BCUT2D eigenvalue weighted by Crippen LogP contribution is -1.93. The summed E-state index contributed by atoms with van der Waals surface area (Å²) in [4.78, 5) is 0. The van der Waals surface area contributed by atoms with Crippen LogP contribution in [-0.2, 0) is 4.74 Å². The summed E-state index contributed by atoms with van der Waals surface area (Å²) in [6.07, 6.45) is 1.90. The minimum absolute atomic E-state index is 0.700. The molecule has 15 heavy (non-hydrogen) atoms. The Morgan fingerprint density at radius 1 is 1.07 bits per heavy atom. The van der Waals surface area contributed by atoms with Crippen LogP contribution in [-0.4, -0.2) is 21.3 Å². The Bertz CT molecular complexity index is 356. The first-order chi connectivity index (χ1) is 7.26. The summed E-state index contributed by atoms with van der Waals surface area (Å²) in [7, 11) is 4.88. The van der Waals surface area contributed by atoms with Gasteiger partial charge in [-0.2, -0.15) is 0 Å². The van der Waals surface area contributed by atoms with Gasteiger partial charge in [-0.1, -0.05) is 0 Å². The van der Waals surface area contributed by atoms with Gasteiger partial charge in [-0.05, 0) is 31.2 Å². The number of ether oxygens (including phenoxy) is 3. The molecule has 0 saturated heterocycles. The molecular weight excluding hydrogens is 192 g/mol. The molecule has 0 spiro atoms. The van der Waals surface area contributed by atoms with Crippen LogP contribution in [0.15, 0.2) is 24.3 Å². The molecule has 0 unspecified atom stereocenters. The van der Waals surface area contributed by atoms with Gasteiger partial charge in [0, 0.05) is 5.56 Å². The van der Waals surface area contributed by atoms with Crippen LogP contribution < -0.4 is 9.47 Å². The SMILES string of the molecule is C/C=C(/OC)c1ccc(OC)c(OC)c1. The Balaban J connectivity index is 3.13. The molecule has 0 saturated carbocycles. The average Bonchev–Trinajstić information content (AvgIpc) is 2.30. The van der Waals surface area contributed by atoms with Crippen molar-refractivity contribution in [3.8, 4) is 11.5 Å². The topological polar surface area (TPSA) is 27.7 Å². The number of allylic oxidation sites excluding steroid dienone is 1. The number of hydrogen-bond acceptors (Lipinski definition) is 3. The van der Waals surface area contributed by atoms with Crippen LogP contribution in [0.3, 0.4) is 0 Å². The monoisotopic (exact) mass is 208 g/mol. The van der Waals surface area contributed by atoms with Crippen LogP contribution in [0.1, 0.15) is 12.5 Å². The summed E-state index contributed by atoms with van der Waals surface area (Å²) < 4.78 is 15.6. The maximum atomic E-state index is 5.22. The second-order valence-electron chi connectivity index (χ2n) is 2.93. The third-order valence-corrected chi connectivity index (χ3v) is 2.15. The van der Waals surface area contributed by atoms with E-state index in [1.54, 1.807) is 21.3 Å². The zero-order valence-electron chi connectivity index (χ0n) is 9.53. The van der Waals surface area contributed by atoms with E-state index < -0.39 is 0 Å². The molecule has 1 aromatic carbocycles. The van der Waals surface area contributed by atoms with Crippen molar-refractivity contribution in [2.75, 3.05) is 21.3 Å². The molecule has 82 valence electrons. The van der Waals surface area contributed by atoms with Crippen molar-refractivity contribution < 1.29 is 14.2 Å². The van der Waals surface area contributed by atoms with Gasteiger partial charge in [0.05, 0.1) is 21.3 Å². The summed E-state index contributed by atoms with van der Waals surface area (Å²) in [5, 5.41) is 0. The number of rotatable bonds is 4. The van der Waals surface area contributed by atoms with Crippen molar-refractivity contribution in [2.45, 2.75) is 6.92 Å². The summed E-state index contributed by atoms with van der Waals surface area (Å²) >= 11 is 0. The minimum atomic E-state index is 0.700. The van der Waals surface area contributed by atoms with Gasteiger partial charge < -0.3 is 14.2 Å². The molecule has 0 N–H and O–H groups in total. The molecule has 3 heteroatoms. The van der Waals surface area contributed by atoms with Gasteiger partial charge in [0.1, 0.15) is 5.76 Å². The smallest absolute Gasteiger partial charge is 0.161 e. The predicted molar refractivity (Wildman–Crippen MR) is 60.2 cm³/mol. The van der Waals surface area contributed by atoms with E-state index in [1.165, 1.54) is 0 Å². The van der Waals surface area contributed by atoms with Crippen molar-refractivity contribution in [1.82, 2.24) is 0 Å². The summed E-state index contributed by atoms with van der Waals surface area (Å²) in [6, 6.07) is 5.68. The second kappa shape index (κ2) is 5.29. The molecule has 3 nitrogen and oxygen atoms in total. The first-order valence-corrected chi connectivity index (χ1v) is 4.69. The normalized spacial score (nSPS) is 11.1. The first kappa shape index (κ1) is 11.4. The standard InChI is InChI=1S/C12H16O3/c1-5-10(13-2)9-6-7-11(14-3)12(8-9)15-4/h5-8H,1-4H3/b10-5+. The lowest BCUT2D eigenvalue weighted by Gasteiger charge is -2.10. The van der Waals surface area contributed by atoms with Gasteiger partial charge >= 0.3 is 0 Å². The zero-order chi connectivity index (χ0) is 11.3. The van der Waals surface area contributed by atoms with Crippen molar-refractivity contribution in [1.29, 1.82) is 0 Å². The van der Waals surface area contributed by atoms with E-state index in [-0.39, 0.29) is 0 Å². The highest BCUT2D eigenvalue weighted by molar-refractivity contribution is 5.63. The molecule has 0 aromatic heterocycles. The molecule has 1 rings (SSSR count). The fraction of sp³-hybridized carbons (Fsp3) is 0.333. The van der Waals surface area contributed by atoms with Crippen LogP contribution in [0.2, 0.25) is 0 Å². The minimum Gasteiger partial charge on any atom is -0.496 e. The van der Waals surface area contributed by atoms with Crippen LogP contribution >= 0.6 is 0 Å². The second-order valence-corrected chi connectivity index (χ2v) is 2.93. The molecule has 0 heterocycles. The van der Waals surface area contributed by atoms with E-state index in [2.05, 4.69) is 0 Å². The Morgan fingerprint density at radius 2 is 1.73 bits per heavy atom. The van der Waals surface area contributed by atoms with Gasteiger partial charge in [-0.25, -0.2) is 0 Å². The molecule has 0 atom stereocenters. The third kappa shape index (κ3) is 2.43. The lowest BCUT2D eigenvalue weighted by molar-refractivity contribution is 0.352. The van der Waals surface area contributed by atoms with E-state index in [9.17, 15) is 0 Å². The quantitative estimate of drug-likeness (QED) is 0.712. The van der Waals surface area contributed by atoms with Gasteiger partial charge in [0.15, 0.2) is 11.5 Å². The van der Waals surface area contributed by atoms with E-state index in [4.69, 9.17) is 14.2 Å². The third-order valence-electron chi connectivity index (χ3n) is 2.15. The van der Waals surface area contributed by atoms with Gasteiger partial charge in [-0.15, -0.1) is 0 Å². The summed E-state index contributed by atoms with van der Waals surface area (Å²) in [6.45, 7) is 1.93. The molecular formula is C12H16O3. The van der Waals surface area contributed by atoms with Crippen LogP contribution in [0, 0.1) is 0 Å². The van der Waals surface area contributed by atoms with E-state index in [0.717, 1.165) is 11.3 Å². The molecule has 0 aliphatic heterocycles. The number of hydrogen-bond donors (Lipinski definition) is 0. The molecule has 0 fully saturated rings. The Labute approximate surface area is 90.3 Å². The highest BCUT2D eigenvalue weighted by atomic mass is 16.5. The summed E-state index contributed by atoms with van der Waals surface area (Å²) in [5.74, 6) is 2.23. The van der Waals surface area contributed by atoms with Gasteiger partial charge in [0.2, 0.25) is 0 Å². The summed E-state index contributed by atoms with van der Waals surface area (Å²) in [5.41, 5.74) is 0.970. The number of benzene rings is 1. The van der Waals surface area contributed by atoms with Crippen molar-refractivity contribution in [3.05, 3.63) is 29.8 Å². The van der Waals surface area contributed by atoms with Crippen LogP contribution in [0.25, 0.3) is 5.76 Å². The lowest BCUT2D eigenvalue weighted by atomic mass is 10.1. The van der Waals surface area contributed by atoms with E-state index in [1.807, 2.05) is 31.2 Å². The highest BCUT2D eigenvalue weighted by Crippen LogP contribution is 2.30. The number of methoxy groups -OCH3 is 3. The Hall–Kier alpha value is -1.64. The van der Waals surface area contributed by atoms with Crippen molar-refractivity contribution >= 4 is 5.76 Å². The maximum Gasteiger partial charge on any atom is 0.161 e. The van der Waals surface area contributed by atoms with Gasteiger partial charge in [-0.3, -0.25) is 0 Å². The van der Waals surface area contributed by atoms with E-state index in [0.29, 0.717) is 11.5 Å². The Kier molecular flexibility index (Phi) is 4.03. The van der Waals surface area contributed by atoms with E-state index >= 15 is 0 Å². The van der Waals surface area contributed by atoms with Crippen molar-refractivity contribution in [3.63, 3.8) is 0 Å². The van der Waals surface area contributed by atoms with Crippen molar-refractivity contribution in [2.24, 2.45) is 0 Å². The van der Waals surface area contributed by atoms with Crippen LogP contribution in [0.4, 0.5) is 0 Å². The molecule has 1 aromatic rings. The van der Waals surface area contributed by atoms with Crippen LogP contribution in [0.5, 0.6) is 11.5 Å². The molecule has 0 bridgehead atoms.